The van der Waals surface area contributed by atoms with E-state index in [0.29, 0.717) is 12.0 Å². The van der Waals surface area contributed by atoms with Crippen molar-refractivity contribution in [3.8, 4) is 0 Å². The summed E-state index contributed by atoms with van der Waals surface area (Å²) in [6.45, 7) is 6.92. The van der Waals surface area contributed by atoms with Crippen LogP contribution in [0.1, 0.15) is 26.2 Å². The Morgan fingerprint density at radius 1 is 1.40 bits per heavy atom. The fourth-order valence-corrected chi connectivity index (χ4v) is 2.01. The van der Waals surface area contributed by atoms with E-state index < -0.39 is 0 Å². The highest BCUT2D eigenvalue weighted by Crippen LogP contribution is 2.28. The van der Waals surface area contributed by atoms with Crippen LogP contribution in [0.2, 0.25) is 0 Å². The molecular formula is C12H23NO2. The van der Waals surface area contributed by atoms with Gasteiger partial charge in [0, 0.05) is 25.8 Å². The molecule has 2 atom stereocenters. The van der Waals surface area contributed by atoms with Crippen LogP contribution in [0.5, 0.6) is 0 Å². The largest absolute Gasteiger partial charge is 0.381 e. The topological polar surface area (TPSA) is 30.5 Å². The normalized spacial score (nSPS) is 28.2. The van der Waals surface area contributed by atoms with E-state index in [9.17, 15) is 0 Å². The summed E-state index contributed by atoms with van der Waals surface area (Å²) in [6, 6.07) is 0.567. The van der Waals surface area contributed by atoms with Crippen molar-refractivity contribution in [3.63, 3.8) is 0 Å². The molecule has 1 saturated carbocycles. The van der Waals surface area contributed by atoms with Gasteiger partial charge in [-0.25, -0.2) is 0 Å². The molecule has 1 aliphatic heterocycles. The first-order valence-corrected chi connectivity index (χ1v) is 6.25. The van der Waals surface area contributed by atoms with Gasteiger partial charge in [0.15, 0.2) is 0 Å². The number of ether oxygens (including phenoxy) is 2. The van der Waals surface area contributed by atoms with E-state index >= 15 is 0 Å². The molecule has 0 aromatic carbocycles. The summed E-state index contributed by atoms with van der Waals surface area (Å²) >= 11 is 0. The molecule has 1 N–H and O–H groups in total. The number of hydrogen-bond donors (Lipinski definition) is 1. The van der Waals surface area contributed by atoms with Gasteiger partial charge in [-0.3, -0.25) is 0 Å². The Kier molecular flexibility index (Phi) is 4.42. The van der Waals surface area contributed by atoms with Gasteiger partial charge in [0.25, 0.3) is 0 Å². The quantitative estimate of drug-likeness (QED) is 0.649. The molecular weight excluding hydrogens is 190 g/mol. The monoisotopic (exact) mass is 213 g/mol. The van der Waals surface area contributed by atoms with E-state index in [2.05, 4.69) is 12.2 Å². The van der Waals surface area contributed by atoms with Gasteiger partial charge in [-0.15, -0.1) is 0 Å². The van der Waals surface area contributed by atoms with Crippen molar-refractivity contribution in [1.82, 2.24) is 5.32 Å². The minimum Gasteiger partial charge on any atom is -0.381 e. The Hall–Kier alpha value is -0.120. The zero-order valence-corrected chi connectivity index (χ0v) is 9.71. The molecule has 0 radical (unpaired) electrons. The van der Waals surface area contributed by atoms with Crippen LogP contribution in [-0.2, 0) is 9.47 Å². The molecule has 3 nitrogen and oxygen atoms in total. The van der Waals surface area contributed by atoms with E-state index in [1.807, 2.05) is 0 Å². The lowest BCUT2D eigenvalue weighted by Gasteiger charge is -2.19. The zero-order valence-electron chi connectivity index (χ0n) is 9.71. The molecule has 2 unspecified atom stereocenters. The lowest BCUT2D eigenvalue weighted by Crippen LogP contribution is -2.36. The second kappa shape index (κ2) is 5.83. The van der Waals surface area contributed by atoms with Crippen LogP contribution >= 0.6 is 0 Å². The summed E-state index contributed by atoms with van der Waals surface area (Å²) in [5, 5.41) is 3.51. The lowest BCUT2D eigenvalue weighted by atomic mass is 10.0. The summed E-state index contributed by atoms with van der Waals surface area (Å²) < 4.78 is 11.0. The molecule has 88 valence electrons. The van der Waals surface area contributed by atoms with Gasteiger partial charge in [0.05, 0.1) is 13.2 Å². The zero-order chi connectivity index (χ0) is 10.5. The van der Waals surface area contributed by atoms with Gasteiger partial charge >= 0.3 is 0 Å². The van der Waals surface area contributed by atoms with Crippen molar-refractivity contribution in [2.24, 2.45) is 11.8 Å². The molecule has 1 aliphatic carbocycles. The number of rotatable bonds is 7. The van der Waals surface area contributed by atoms with Crippen LogP contribution in [-0.4, -0.2) is 39.0 Å². The standard InChI is InChI=1S/C12H23NO2/c1-10(12-4-6-14-9-12)13-5-7-15-8-11-2-3-11/h10-13H,2-9H2,1H3. The molecule has 0 spiro atoms. The van der Waals surface area contributed by atoms with Gasteiger partial charge in [-0.1, -0.05) is 0 Å². The molecule has 1 saturated heterocycles. The van der Waals surface area contributed by atoms with E-state index in [1.54, 1.807) is 0 Å². The van der Waals surface area contributed by atoms with Crippen LogP contribution in [0.15, 0.2) is 0 Å². The van der Waals surface area contributed by atoms with Crippen molar-refractivity contribution < 1.29 is 9.47 Å². The first-order valence-electron chi connectivity index (χ1n) is 6.25. The highest BCUT2D eigenvalue weighted by Gasteiger charge is 2.22. The first kappa shape index (κ1) is 11.4. The average Bonchev–Trinajstić information content (AvgIpc) is 2.90. The molecule has 0 amide bonds. The smallest absolute Gasteiger partial charge is 0.0591 e. The maximum absolute atomic E-state index is 5.58. The van der Waals surface area contributed by atoms with E-state index in [0.717, 1.165) is 38.9 Å². The number of nitrogens with one attached hydrogen (secondary N) is 1. The average molecular weight is 213 g/mol. The van der Waals surface area contributed by atoms with Gasteiger partial charge in [-0.2, -0.15) is 0 Å². The molecule has 0 aromatic heterocycles. The Balaban J connectivity index is 1.45. The van der Waals surface area contributed by atoms with Crippen molar-refractivity contribution in [3.05, 3.63) is 0 Å². The van der Waals surface area contributed by atoms with Crippen molar-refractivity contribution >= 4 is 0 Å². The highest BCUT2D eigenvalue weighted by atomic mass is 16.5. The molecule has 0 aromatic rings. The summed E-state index contributed by atoms with van der Waals surface area (Å²) in [4.78, 5) is 0. The predicted molar refractivity (Wildman–Crippen MR) is 59.9 cm³/mol. The van der Waals surface area contributed by atoms with Gasteiger partial charge in [-0.05, 0) is 38.0 Å². The Labute approximate surface area is 92.5 Å². The summed E-state index contributed by atoms with van der Waals surface area (Å²) in [7, 11) is 0. The van der Waals surface area contributed by atoms with Crippen LogP contribution in [0, 0.1) is 11.8 Å². The minimum atomic E-state index is 0.567. The molecule has 2 aliphatic rings. The maximum atomic E-state index is 5.58. The SMILES string of the molecule is CC(NCCOCC1CC1)C1CCOC1. The third kappa shape index (κ3) is 4.09. The summed E-state index contributed by atoms with van der Waals surface area (Å²) in [6.07, 6.45) is 3.96. The van der Waals surface area contributed by atoms with E-state index in [4.69, 9.17) is 9.47 Å². The summed E-state index contributed by atoms with van der Waals surface area (Å²) in [5.41, 5.74) is 0. The third-order valence-corrected chi connectivity index (χ3v) is 3.44. The van der Waals surface area contributed by atoms with E-state index in [1.165, 1.54) is 19.3 Å². The van der Waals surface area contributed by atoms with Crippen molar-refractivity contribution in [2.75, 3.05) is 33.0 Å². The lowest BCUT2D eigenvalue weighted by molar-refractivity contribution is 0.121. The first-order chi connectivity index (χ1) is 7.36. The second-order valence-corrected chi connectivity index (χ2v) is 4.88. The van der Waals surface area contributed by atoms with E-state index in [-0.39, 0.29) is 0 Å². The molecule has 0 bridgehead atoms. The molecule has 2 rings (SSSR count). The van der Waals surface area contributed by atoms with Gasteiger partial charge < -0.3 is 14.8 Å². The molecule has 15 heavy (non-hydrogen) atoms. The number of hydrogen-bond acceptors (Lipinski definition) is 3. The van der Waals surface area contributed by atoms with Crippen molar-refractivity contribution in [1.29, 1.82) is 0 Å². The van der Waals surface area contributed by atoms with Crippen molar-refractivity contribution in [2.45, 2.75) is 32.2 Å². The second-order valence-electron chi connectivity index (χ2n) is 4.88. The Morgan fingerprint density at radius 3 is 2.93 bits per heavy atom. The predicted octanol–water partition coefficient (Wildman–Crippen LogP) is 1.43. The van der Waals surface area contributed by atoms with Crippen LogP contribution in [0.25, 0.3) is 0 Å². The fraction of sp³-hybridized carbons (Fsp3) is 1.00. The Bertz CT molecular complexity index is 176. The minimum absolute atomic E-state index is 0.567. The molecule has 3 heteroatoms. The molecule has 1 heterocycles. The third-order valence-electron chi connectivity index (χ3n) is 3.44. The van der Waals surface area contributed by atoms with Crippen LogP contribution < -0.4 is 5.32 Å². The van der Waals surface area contributed by atoms with Gasteiger partial charge in [0.2, 0.25) is 0 Å². The van der Waals surface area contributed by atoms with Crippen LogP contribution in [0.4, 0.5) is 0 Å². The van der Waals surface area contributed by atoms with Gasteiger partial charge in [0.1, 0.15) is 0 Å². The Morgan fingerprint density at radius 2 is 2.27 bits per heavy atom. The molecule has 2 fully saturated rings. The van der Waals surface area contributed by atoms with Crippen LogP contribution in [0.3, 0.4) is 0 Å². The summed E-state index contributed by atoms with van der Waals surface area (Å²) in [5.74, 6) is 1.58. The maximum Gasteiger partial charge on any atom is 0.0591 e. The fourth-order valence-electron chi connectivity index (χ4n) is 2.01. The highest BCUT2D eigenvalue weighted by molar-refractivity contribution is 4.75.